The van der Waals surface area contributed by atoms with Crippen LogP contribution in [-0.2, 0) is 16.7 Å². The van der Waals surface area contributed by atoms with Gasteiger partial charge in [0.25, 0.3) is 5.91 Å². The average Bonchev–Trinajstić information content (AvgIpc) is 2.94. The summed E-state index contributed by atoms with van der Waals surface area (Å²) >= 11 is 13.6. The fourth-order valence-electron chi connectivity index (χ4n) is 3.88. The minimum absolute atomic E-state index is 0.212. The molecule has 0 radical (unpaired) electrons. The molecule has 0 saturated heterocycles. The van der Waals surface area contributed by atoms with E-state index in [4.69, 9.17) is 27.9 Å². The van der Waals surface area contributed by atoms with E-state index in [2.05, 4.69) is 38.3 Å². The van der Waals surface area contributed by atoms with Gasteiger partial charge in [0.05, 0.1) is 22.8 Å². The minimum atomic E-state index is -0.439. The van der Waals surface area contributed by atoms with Gasteiger partial charge in [-0.2, -0.15) is 0 Å². The molecule has 0 unspecified atom stereocenters. The van der Waals surface area contributed by atoms with E-state index in [-0.39, 0.29) is 28.3 Å². The van der Waals surface area contributed by atoms with Gasteiger partial charge in [0, 0.05) is 21.0 Å². The number of benzene rings is 1. The highest BCUT2D eigenvalue weighted by Crippen LogP contribution is 2.45. The van der Waals surface area contributed by atoms with Gasteiger partial charge in [0.15, 0.2) is 0 Å². The monoisotopic (exact) mass is 454 g/mol. The first-order valence-corrected chi connectivity index (χ1v) is 10.9. The zero-order valence-electron chi connectivity index (χ0n) is 17.0. The van der Waals surface area contributed by atoms with Crippen LogP contribution in [0.15, 0.2) is 18.2 Å². The van der Waals surface area contributed by atoms with Gasteiger partial charge in [-0.15, -0.1) is 11.3 Å². The summed E-state index contributed by atoms with van der Waals surface area (Å²) < 4.78 is 5.31. The number of thiophene rings is 1. The number of amides is 1. The van der Waals surface area contributed by atoms with E-state index in [0.29, 0.717) is 22.0 Å². The molecule has 2 N–H and O–H groups in total. The van der Waals surface area contributed by atoms with Gasteiger partial charge in [-0.05, 0) is 64.8 Å². The zero-order valence-corrected chi connectivity index (χ0v) is 19.4. The van der Waals surface area contributed by atoms with Crippen molar-refractivity contribution in [3.05, 3.63) is 49.8 Å². The van der Waals surface area contributed by atoms with Crippen molar-refractivity contribution in [2.24, 2.45) is 0 Å². The molecule has 1 aliphatic rings. The Balaban J connectivity index is 2.09. The van der Waals surface area contributed by atoms with Crippen molar-refractivity contribution in [1.29, 1.82) is 0 Å². The van der Waals surface area contributed by atoms with Crippen LogP contribution in [0, 0.1) is 0 Å². The van der Waals surface area contributed by atoms with Gasteiger partial charge in [-0.1, -0.05) is 23.2 Å². The van der Waals surface area contributed by atoms with Gasteiger partial charge in [-0.3, -0.25) is 4.79 Å². The normalized spacial score (nSPS) is 16.8. The summed E-state index contributed by atoms with van der Waals surface area (Å²) in [5, 5.41) is 7.62. The van der Waals surface area contributed by atoms with Gasteiger partial charge in [0.1, 0.15) is 5.00 Å². The Morgan fingerprint density at radius 2 is 1.93 bits per heavy atom. The van der Waals surface area contributed by atoms with E-state index in [9.17, 15) is 9.59 Å². The van der Waals surface area contributed by atoms with Crippen LogP contribution >= 0.6 is 34.5 Å². The molecule has 8 heteroatoms. The lowest BCUT2D eigenvalue weighted by Gasteiger charge is -2.42. The second-order valence-electron chi connectivity index (χ2n) is 8.22. The summed E-state index contributed by atoms with van der Waals surface area (Å²) in [4.78, 5) is 26.7. The number of halogens is 2. The summed E-state index contributed by atoms with van der Waals surface area (Å²) in [5.41, 5.74) is 1.00. The summed E-state index contributed by atoms with van der Waals surface area (Å²) in [6.07, 6.45) is 0.643. The van der Waals surface area contributed by atoms with Crippen LogP contribution in [0.5, 0.6) is 0 Å². The highest BCUT2D eigenvalue weighted by Gasteiger charge is 2.42. The molecule has 0 bridgehead atoms. The Kier molecular flexibility index (Phi) is 6.03. The standard InChI is InChI=1S/C21H24Cl2N2O3S/c1-6-28-19(27)15-13-10-20(2,3)25-21(4,5)16(13)29-18(15)24-17(26)12-9-11(22)7-8-14(12)23/h7-9,25H,6,10H2,1-5H3,(H,24,26). The molecule has 0 aliphatic carbocycles. The first-order valence-electron chi connectivity index (χ1n) is 9.34. The predicted molar refractivity (Wildman–Crippen MR) is 119 cm³/mol. The van der Waals surface area contributed by atoms with Crippen molar-refractivity contribution in [2.45, 2.75) is 52.1 Å². The Morgan fingerprint density at radius 1 is 1.24 bits per heavy atom. The number of carbonyl (C=O) groups excluding carboxylic acids is 2. The van der Waals surface area contributed by atoms with Crippen molar-refractivity contribution in [3.63, 3.8) is 0 Å². The van der Waals surface area contributed by atoms with Crippen LogP contribution < -0.4 is 10.6 Å². The van der Waals surface area contributed by atoms with Crippen LogP contribution in [0.1, 0.15) is 65.8 Å². The summed E-state index contributed by atoms with van der Waals surface area (Å²) in [7, 11) is 0. The molecule has 3 rings (SSSR count). The maximum atomic E-state index is 12.9. The number of anilines is 1. The second-order valence-corrected chi connectivity index (χ2v) is 10.1. The van der Waals surface area contributed by atoms with Gasteiger partial charge in [0.2, 0.25) is 0 Å². The topological polar surface area (TPSA) is 67.4 Å². The number of nitrogens with one attached hydrogen (secondary N) is 2. The van der Waals surface area contributed by atoms with E-state index in [1.165, 1.54) is 17.4 Å². The molecule has 2 aromatic rings. The fourth-order valence-corrected chi connectivity index (χ4v) is 5.51. The molecule has 1 aromatic carbocycles. The quantitative estimate of drug-likeness (QED) is 0.586. The van der Waals surface area contributed by atoms with E-state index in [1.807, 2.05) is 0 Å². The molecule has 5 nitrogen and oxygen atoms in total. The zero-order chi connectivity index (χ0) is 21.6. The molecule has 0 fully saturated rings. The third-order valence-electron chi connectivity index (χ3n) is 4.72. The molecule has 1 aromatic heterocycles. The lowest BCUT2D eigenvalue weighted by atomic mass is 9.81. The van der Waals surface area contributed by atoms with E-state index in [0.717, 1.165) is 10.4 Å². The third kappa shape index (κ3) is 4.45. The van der Waals surface area contributed by atoms with Gasteiger partial charge in [-0.25, -0.2) is 4.79 Å². The van der Waals surface area contributed by atoms with E-state index < -0.39 is 11.9 Å². The highest BCUT2D eigenvalue weighted by atomic mass is 35.5. The van der Waals surface area contributed by atoms with Crippen LogP contribution in [0.4, 0.5) is 5.00 Å². The second kappa shape index (κ2) is 7.91. The number of ether oxygens (including phenoxy) is 1. The molecule has 0 saturated carbocycles. The molecule has 0 atom stereocenters. The van der Waals surface area contributed by atoms with E-state index >= 15 is 0 Å². The van der Waals surface area contributed by atoms with Crippen molar-refractivity contribution in [2.75, 3.05) is 11.9 Å². The molecule has 0 spiro atoms. The Labute approximate surface area is 184 Å². The Hall–Kier alpha value is -1.60. The summed E-state index contributed by atoms with van der Waals surface area (Å²) in [5.74, 6) is -0.863. The third-order valence-corrected chi connectivity index (χ3v) is 6.76. The number of rotatable bonds is 4. The molecule has 156 valence electrons. The molecule has 1 amide bonds. The van der Waals surface area contributed by atoms with Crippen molar-refractivity contribution in [3.8, 4) is 0 Å². The molecular formula is C21H24Cl2N2O3S. The van der Waals surface area contributed by atoms with Crippen LogP contribution in [0.3, 0.4) is 0 Å². The summed E-state index contributed by atoms with van der Waals surface area (Å²) in [6, 6.07) is 4.69. The lowest BCUT2D eigenvalue weighted by Crippen LogP contribution is -2.55. The maximum absolute atomic E-state index is 12.9. The maximum Gasteiger partial charge on any atom is 0.341 e. The minimum Gasteiger partial charge on any atom is -0.462 e. The first kappa shape index (κ1) is 22.1. The first-order chi connectivity index (χ1) is 13.4. The number of hydrogen-bond donors (Lipinski definition) is 2. The van der Waals surface area contributed by atoms with Crippen LogP contribution in [-0.4, -0.2) is 24.0 Å². The van der Waals surface area contributed by atoms with E-state index in [1.54, 1.807) is 19.1 Å². The smallest absolute Gasteiger partial charge is 0.341 e. The Morgan fingerprint density at radius 3 is 2.59 bits per heavy atom. The predicted octanol–water partition coefficient (Wildman–Crippen LogP) is 5.64. The van der Waals surface area contributed by atoms with Gasteiger partial charge < -0.3 is 15.4 Å². The van der Waals surface area contributed by atoms with Crippen molar-refractivity contribution in [1.82, 2.24) is 5.32 Å². The molecule has 2 heterocycles. The Bertz CT molecular complexity index is 983. The van der Waals surface area contributed by atoms with Crippen molar-refractivity contribution < 1.29 is 14.3 Å². The van der Waals surface area contributed by atoms with Crippen molar-refractivity contribution >= 4 is 51.4 Å². The summed E-state index contributed by atoms with van der Waals surface area (Å²) in [6.45, 7) is 10.3. The SMILES string of the molecule is CCOC(=O)c1c(NC(=O)c2cc(Cl)ccc2Cl)sc2c1CC(C)(C)NC2(C)C. The number of hydrogen-bond acceptors (Lipinski definition) is 5. The number of carbonyl (C=O) groups is 2. The molecule has 29 heavy (non-hydrogen) atoms. The highest BCUT2D eigenvalue weighted by molar-refractivity contribution is 7.17. The average molecular weight is 455 g/mol. The molecular weight excluding hydrogens is 431 g/mol. The fraction of sp³-hybridized carbons (Fsp3) is 0.429. The van der Waals surface area contributed by atoms with Crippen LogP contribution in [0.2, 0.25) is 10.0 Å². The van der Waals surface area contributed by atoms with Gasteiger partial charge >= 0.3 is 5.97 Å². The van der Waals surface area contributed by atoms with Crippen LogP contribution in [0.25, 0.3) is 0 Å². The number of esters is 1. The number of fused-ring (bicyclic) bond motifs is 1. The lowest BCUT2D eigenvalue weighted by molar-refractivity contribution is 0.0526. The largest absolute Gasteiger partial charge is 0.462 e. The molecule has 1 aliphatic heterocycles.